The fourth-order valence-corrected chi connectivity index (χ4v) is 24.0. The SMILES string of the molecule is Cc1cccc(N(c2ccccc2)c2cc3c(c4oc5ccccc5c24)-c2c(cc(N(c4ccccc4)c4cccc(C)c4)c4c2oc2ccccc24)C32c3ccccc3-c3cc(-c4cccc5c4oc4c6c(cc(N(c7ccccc7)c7ccccc7C)c45)C4(c5ccccc5-c5ccccc54)c4cc(N(c5ccccc5)c5ccccc5C)c5c(oc7ccccc75)c4-6)ccc32)c1. The summed E-state index contributed by atoms with van der Waals surface area (Å²) >= 11 is 0. The predicted molar refractivity (Wildman–Crippen MR) is 551 cm³/mol. The molecule has 8 heteroatoms. The van der Waals surface area contributed by atoms with Crippen molar-refractivity contribution in [2.75, 3.05) is 19.6 Å². The summed E-state index contributed by atoms with van der Waals surface area (Å²) in [5, 5.41) is 8.01. The van der Waals surface area contributed by atoms with E-state index in [0.717, 1.165) is 256 Å². The average Bonchev–Trinajstić information content (AvgIpc) is 1.49. The van der Waals surface area contributed by atoms with Crippen LogP contribution in [0.15, 0.2) is 442 Å². The molecular weight excluding hydrogens is 1630 g/mol. The third-order valence-electron chi connectivity index (χ3n) is 29.3. The Bertz CT molecular complexity index is 8850. The van der Waals surface area contributed by atoms with Gasteiger partial charge in [-0.15, -0.1) is 0 Å². The van der Waals surface area contributed by atoms with E-state index in [9.17, 15) is 0 Å². The Morgan fingerprint density at radius 3 is 0.888 bits per heavy atom. The molecule has 630 valence electrons. The summed E-state index contributed by atoms with van der Waals surface area (Å²) in [6.45, 7) is 8.83. The average molecular weight is 1720 g/mol. The Balaban J connectivity index is 0.763. The van der Waals surface area contributed by atoms with Gasteiger partial charge in [-0.2, -0.15) is 0 Å². The van der Waals surface area contributed by atoms with Crippen LogP contribution in [0.1, 0.15) is 66.8 Å². The Hall–Kier alpha value is -17.2. The summed E-state index contributed by atoms with van der Waals surface area (Å²) in [4.78, 5) is 9.88. The van der Waals surface area contributed by atoms with Crippen molar-refractivity contribution in [1.82, 2.24) is 0 Å². The van der Waals surface area contributed by atoms with Crippen LogP contribution in [0.3, 0.4) is 0 Å². The fourth-order valence-electron chi connectivity index (χ4n) is 24.0. The van der Waals surface area contributed by atoms with Crippen LogP contribution in [0.2, 0.25) is 0 Å². The number of aryl methyl sites for hydroxylation is 4. The Kier molecular flexibility index (Phi) is 16.2. The van der Waals surface area contributed by atoms with E-state index in [1.54, 1.807) is 0 Å². The van der Waals surface area contributed by atoms with E-state index in [2.05, 4.69) is 472 Å². The van der Waals surface area contributed by atoms with Crippen LogP contribution in [0.4, 0.5) is 68.2 Å². The lowest BCUT2D eigenvalue weighted by atomic mass is 9.70. The highest BCUT2D eigenvalue weighted by atomic mass is 16.3. The largest absolute Gasteiger partial charge is 0.455 e. The van der Waals surface area contributed by atoms with Crippen molar-refractivity contribution < 1.29 is 17.7 Å². The highest BCUT2D eigenvalue weighted by Gasteiger charge is 2.58. The van der Waals surface area contributed by atoms with Gasteiger partial charge in [0, 0.05) is 94.9 Å². The lowest BCUT2D eigenvalue weighted by Gasteiger charge is -2.34. The minimum absolute atomic E-state index is 0.762. The summed E-state index contributed by atoms with van der Waals surface area (Å²) in [5.41, 5.74) is 40.6. The maximum Gasteiger partial charge on any atom is 0.145 e. The normalized spacial score (nSPS) is 13.2. The highest BCUT2D eigenvalue weighted by molar-refractivity contribution is 6.29. The number of para-hydroxylation sites is 10. The Morgan fingerprint density at radius 2 is 0.485 bits per heavy atom. The molecule has 0 amide bonds. The second-order valence-electron chi connectivity index (χ2n) is 36.5. The maximum atomic E-state index is 8.49. The highest BCUT2D eigenvalue weighted by Crippen LogP contribution is 2.72. The number of benzene rings is 20. The Morgan fingerprint density at radius 1 is 0.187 bits per heavy atom. The van der Waals surface area contributed by atoms with Crippen molar-refractivity contribution >= 4 is 156 Å². The summed E-state index contributed by atoms with van der Waals surface area (Å²) in [6, 6.07) is 157. The molecule has 0 saturated carbocycles. The van der Waals surface area contributed by atoms with Gasteiger partial charge >= 0.3 is 0 Å². The molecule has 0 N–H and O–H groups in total. The minimum Gasteiger partial charge on any atom is -0.455 e. The molecule has 4 aliphatic carbocycles. The van der Waals surface area contributed by atoms with Crippen molar-refractivity contribution in [2.24, 2.45) is 0 Å². The van der Waals surface area contributed by atoms with Crippen LogP contribution in [0.25, 0.3) is 143 Å². The molecule has 0 atom stereocenters. The van der Waals surface area contributed by atoms with Crippen LogP contribution in [-0.4, -0.2) is 0 Å². The second-order valence-corrected chi connectivity index (χ2v) is 36.5. The van der Waals surface area contributed by atoms with Crippen LogP contribution in [-0.2, 0) is 10.8 Å². The predicted octanol–water partition coefficient (Wildman–Crippen LogP) is 34.8. The zero-order valence-corrected chi connectivity index (χ0v) is 73.8. The van der Waals surface area contributed by atoms with Crippen molar-refractivity contribution in [3.05, 3.63) is 491 Å². The first kappa shape index (κ1) is 75.7. The molecule has 4 heterocycles. The smallest absolute Gasteiger partial charge is 0.145 e. The first-order chi connectivity index (χ1) is 66.2. The third-order valence-corrected chi connectivity index (χ3v) is 29.3. The lowest BCUT2D eigenvalue weighted by molar-refractivity contribution is 0.665. The van der Waals surface area contributed by atoms with Gasteiger partial charge in [0.25, 0.3) is 0 Å². The molecule has 4 aliphatic rings. The molecule has 0 fully saturated rings. The van der Waals surface area contributed by atoms with Crippen molar-refractivity contribution in [3.8, 4) is 55.6 Å². The van der Waals surface area contributed by atoms with Crippen LogP contribution in [0, 0.1) is 27.7 Å². The molecule has 0 radical (unpaired) electrons. The third kappa shape index (κ3) is 10.4. The molecule has 20 aromatic carbocycles. The van der Waals surface area contributed by atoms with Crippen LogP contribution < -0.4 is 19.6 Å². The molecule has 0 aliphatic heterocycles. The zero-order chi connectivity index (χ0) is 88.5. The molecule has 0 unspecified atom stereocenters. The van der Waals surface area contributed by atoms with Crippen LogP contribution in [0.5, 0.6) is 0 Å². The standard InChI is InChI=1S/C126H82N4O4/c1-75-36-33-48-84(68-75)127(80-40-9-5-10-41-80)105-71-99-116(121-112(105)90-53-22-30-63-109(90)131-121)117-100(72-106(113-91-54-23-31-64-110(91)132-122(113)117)128(81-42-11-6-12-43-81)85-49-34-37-76(2)69-85)126(99)97-60-27-21-52-89(97)94-70-79(66-67-98(94)126)86-56-35-57-93-115-108(130(83-46-15-8-16-47-83)104-62-29-18-39-78(104)4)74-102-119(124(115)134-120(86)93)118-101(125(102)95-58-25-19-50-87(95)88-51-20-26-59-96(88)125)73-107(114-92-55-24-32-65-111(92)133-123(114)118)129(82-44-13-7-14-45-82)103-61-28-17-38-77(103)3/h5-74H,1-4H3. The quantitative estimate of drug-likeness (QED) is 0.113. The maximum absolute atomic E-state index is 8.49. The van der Waals surface area contributed by atoms with Gasteiger partial charge in [0.2, 0.25) is 0 Å². The number of hydrogen-bond donors (Lipinski definition) is 0. The minimum atomic E-state index is -1.05. The summed E-state index contributed by atoms with van der Waals surface area (Å²) < 4.78 is 31.9. The van der Waals surface area contributed by atoms with Gasteiger partial charge in [-0.1, -0.05) is 291 Å². The van der Waals surface area contributed by atoms with Gasteiger partial charge < -0.3 is 37.3 Å². The molecule has 4 aromatic heterocycles. The first-order valence-electron chi connectivity index (χ1n) is 46.3. The number of furan rings is 4. The molecule has 0 bridgehead atoms. The van der Waals surface area contributed by atoms with E-state index in [1.165, 1.54) is 22.3 Å². The summed E-state index contributed by atoms with van der Waals surface area (Å²) in [7, 11) is 0. The lowest BCUT2D eigenvalue weighted by Crippen LogP contribution is -2.26. The number of nitrogens with zero attached hydrogens (tertiary/aromatic N) is 4. The van der Waals surface area contributed by atoms with E-state index in [4.69, 9.17) is 17.7 Å². The molecule has 24 aromatic rings. The van der Waals surface area contributed by atoms with Gasteiger partial charge in [-0.25, -0.2) is 0 Å². The van der Waals surface area contributed by atoms with E-state index in [-0.39, 0.29) is 0 Å². The Labute approximate surface area is 773 Å². The van der Waals surface area contributed by atoms with Gasteiger partial charge in [0.1, 0.15) is 44.7 Å². The van der Waals surface area contributed by atoms with Gasteiger partial charge in [-0.3, -0.25) is 0 Å². The molecule has 134 heavy (non-hydrogen) atoms. The van der Waals surface area contributed by atoms with E-state index in [0.29, 0.717) is 0 Å². The number of fused-ring (bicyclic) bond motifs is 36. The topological polar surface area (TPSA) is 65.5 Å². The molecule has 28 rings (SSSR count). The van der Waals surface area contributed by atoms with Gasteiger partial charge in [0.15, 0.2) is 0 Å². The number of hydrogen-bond acceptors (Lipinski definition) is 8. The number of rotatable bonds is 13. The monoisotopic (exact) mass is 1710 g/mol. The van der Waals surface area contributed by atoms with Crippen molar-refractivity contribution in [3.63, 3.8) is 0 Å². The van der Waals surface area contributed by atoms with Gasteiger partial charge in [0.05, 0.1) is 55.1 Å². The molecule has 2 spiro atoms. The zero-order valence-electron chi connectivity index (χ0n) is 73.8. The molecular formula is C126H82N4O4. The number of anilines is 12. The molecule has 0 saturated heterocycles. The van der Waals surface area contributed by atoms with Crippen molar-refractivity contribution in [2.45, 2.75) is 38.5 Å². The van der Waals surface area contributed by atoms with Gasteiger partial charge in [-0.05, 0) is 256 Å². The summed E-state index contributed by atoms with van der Waals surface area (Å²) in [6.07, 6.45) is 0. The summed E-state index contributed by atoms with van der Waals surface area (Å²) in [5.74, 6) is 0. The fraction of sp³-hybridized carbons (Fsp3) is 0.0476. The van der Waals surface area contributed by atoms with Crippen molar-refractivity contribution in [1.29, 1.82) is 0 Å². The van der Waals surface area contributed by atoms with E-state index < -0.39 is 10.8 Å². The first-order valence-corrected chi connectivity index (χ1v) is 46.3. The van der Waals surface area contributed by atoms with E-state index >= 15 is 0 Å². The molecule has 8 nitrogen and oxygen atoms in total. The second kappa shape index (κ2) is 28.6. The van der Waals surface area contributed by atoms with Crippen LogP contribution >= 0.6 is 0 Å². The van der Waals surface area contributed by atoms with E-state index in [1.807, 2.05) is 0 Å².